The average molecular weight is 323 g/mol. The van der Waals surface area contributed by atoms with E-state index in [0.29, 0.717) is 50.3 Å². The first-order valence-corrected chi connectivity index (χ1v) is 7.71. The van der Waals surface area contributed by atoms with Gasteiger partial charge in [-0.3, -0.25) is 0 Å². The average Bonchev–Trinajstić information content (AvgIpc) is 2.60. The van der Waals surface area contributed by atoms with Crippen LogP contribution in [0.3, 0.4) is 0 Å². The number of nitrogens with zero attached hydrogens (tertiary/aromatic N) is 3. The predicted octanol–water partition coefficient (Wildman–Crippen LogP) is -0.256. The summed E-state index contributed by atoms with van der Waals surface area (Å²) in [6.07, 6.45) is 2.75. The number of carbonyl (C=O) groups excluding carboxylic acids is 1. The quantitative estimate of drug-likeness (QED) is 0.718. The lowest BCUT2D eigenvalue weighted by Gasteiger charge is -2.48. The number of rotatable bonds is 2. The Kier molecular flexibility index (Phi) is 4.47. The molecule has 8 nitrogen and oxygen atoms in total. The maximum absolute atomic E-state index is 11.8. The van der Waals surface area contributed by atoms with Crippen molar-refractivity contribution >= 4 is 11.8 Å². The summed E-state index contributed by atoms with van der Waals surface area (Å²) < 4.78 is 10.6. The zero-order valence-electron chi connectivity index (χ0n) is 13.0. The number of anilines is 1. The molecule has 2 aliphatic rings. The van der Waals surface area contributed by atoms with Gasteiger partial charge >= 0.3 is 5.97 Å². The van der Waals surface area contributed by atoms with Crippen molar-refractivity contribution in [1.29, 1.82) is 0 Å². The topological polar surface area (TPSA) is 105 Å². The monoisotopic (exact) mass is 323 g/mol. The Bertz CT molecular complexity index is 574. The van der Waals surface area contributed by atoms with E-state index in [1.807, 2.05) is 4.90 Å². The maximum atomic E-state index is 11.8. The highest BCUT2D eigenvalue weighted by atomic mass is 16.5. The van der Waals surface area contributed by atoms with Gasteiger partial charge in [-0.2, -0.15) is 0 Å². The number of ether oxygens (including phenoxy) is 2. The number of esters is 1. The molecule has 2 atom stereocenters. The molecule has 23 heavy (non-hydrogen) atoms. The third kappa shape index (κ3) is 2.89. The summed E-state index contributed by atoms with van der Waals surface area (Å²) in [7, 11) is 1.32. The van der Waals surface area contributed by atoms with Crippen LogP contribution in [0.5, 0.6) is 0 Å². The van der Waals surface area contributed by atoms with E-state index in [4.69, 9.17) is 9.47 Å². The Balaban J connectivity index is 1.76. The Labute approximate surface area is 134 Å². The Morgan fingerprint density at radius 2 is 2.17 bits per heavy atom. The van der Waals surface area contributed by atoms with Crippen LogP contribution >= 0.6 is 0 Å². The van der Waals surface area contributed by atoms with Crippen LogP contribution in [0.4, 0.5) is 5.82 Å². The molecule has 0 aromatic carbocycles. The number of methoxy groups -OCH3 is 1. The Morgan fingerprint density at radius 1 is 1.43 bits per heavy atom. The molecule has 1 aromatic heterocycles. The molecule has 0 aliphatic carbocycles. The SMILES string of the molecule is COC(=O)c1cncnc1N1CCC2(CC1)OCC[C@H](O)[C@@H]2O. The van der Waals surface area contributed by atoms with Crippen molar-refractivity contribution in [1.82, 2.24) is 9.97 Å². The molecule has 126 valence electrons. The molecular weight excluding hydrogens is 302 g/mol. The Hall–Kier alpha value is -1.77. The van der Waals surface area contributed by atoms with Crippen LogP contribution in [0.15, 0.2) is 12.5 Å². The molecule has 8 heteroatoms. The molecular formula is C15H21N3O5. The van der Waals surface area contributed by atoms with Gasteiger partial charge in [0, 0.05) is 19.3 Å². The minimum atomic E-state index is -0.885. The number of hydrogen-bond donors (Lipinski definition) is 2. The van der Waals surface area contributed by atoms with E-state index in [0.717, 1.165) is 0 Å². The van der Waals surface area contributed by atoms with Crippen molar-refractivity contribution in [3.05, 3.63) is 18.1 Å². The van der Waals surface area contributed by atoms with Gasteiger partial charge in [0.2, 0.25) is 0 Å². The third-order valence-corrected chi connectivity index (χ3v) is 4.71. The lowest BCUT2D eigenvalue weighted by atomic mass is 9.80. The van der Waals surface area contributed by atoms with Gasteiger partial charge in [0.25, 0.3) is 0 Å². The van der Waals surface area contributed by atoms with Gasteiger partial charge < -0.3 is 24.6 Å². The third-order valence-electron chi connectivity index (χ3n) is 4.71. The van der Waals surface area contributed by atoms with Crippen LogP contribution in [0, 0.1) is 0 Å². The summed E-state index contributed by atoms with van der Waals surface area (Å²) >= 11 is 0. The lowest BCUT2D eigenvalue weighted by molar-refractivity contribution is -0.205. The van der Waals surface area contributed by atoms with Crippen LogP contribution in [0.1, 0.15) is 29.6 Å². The van der Waals surface area contributed by atoms with E-state index in [-0.39, 0.29) is 0 Å². The van der Waals surface area contributed by atoms with Crippen molar-refractivity contribution in [3.8, 4) is 0 Å². The first kappa shape index (κ1) is 16.1. The van der Waals surface area contributed by atoms with Crippen molar-refractivity contribution in [2.75, 3.05) is 31.7 Å². The van der Waals surface area contributed by atoms with E-state index in [9.17, 15) is 15.0 Å². The van der Waals surface area contributed by atoms with Gasteiger partial charge in [-0.15, -0.1) is 0 Å². The molecule has 0 saturated carbocycles. The van der Waals surface area contributed by atoms with E-state index in [2.05, 4.69) is 9.97 Å². The fourth-order valence-electron chi connectivity index (χ4n) is 3.34. The van der Waals surface area contributed by atoms with Crippen LogP contribution < -0.4 is 4.90 Å². The molecule has 0 radical (unpaired) electrons. The van der Waals surface area contributed by atoms with Gasteiger partial charge in [-0.25, -0.2) is 14.8 Å². The first-order valence-electron chi connectivity index (χ1n) is 7.71. The van der Waals surface area contributed by atoms with Crippen molar-refractivity contribution < 1.29 is 24.5 Å². The highest BCUT2D eigenvalue weighted by Gasteiger charge is 2.47. The second-order valence-electron chi connectivity index (χ2n) is 5.95. The summed E-state index contributed by atoms with van der Waals surface area (Å²) in [5.74, 6) is 0.0396. The van der Waals surface area contributed by atoms with Crippen LogP contribution in [0.2, 0.25) is 0 Å². The standard InChI is InChI=1S/C15H21N3O5/c1-22-14(21)10-8-16-9-17-13(10)18-5-3-15(4-6-18)12(20)11(19)2-7-23-15/h8-9,11-12,19-20H,2-7H2,1H3/t11-,12-/m0/s1. The number of hydrogen-bond acceptors (Lipinski definition) is 8. The summed E-state index contributed by atoms with van der Waals surface area (Å²) in [5, 5.41) is 20.2. The van der Waals surface area contributed by atoms with E-state index >= 15 is 0 Å². The minimum Gasteiger partial charge on any atom is -0.465 e. The van der Waals surface area contributed by atoms with Gasteiger partial charge in [-0.05, 0) is 19.3 Å². The van der Waals surface area contributed by atoms with Crippen molar-refractivity contribution in [3.63, 3.8) is 0 Å². The normalized spacial score (nSPS) is 27.0. The van der Waals surface area contributed by atoms with E-state index in [1.165, 1.54) is 19.6 Å². The number of aliphatic hydroxyl groups is 2. The molecule has 2 fully saturated rings. The van der Waals surface area contributed by atoms with Gasteiger partial charge in [0.05, 0.1) is 25.4 Å². The molecule has 0 bridgehead atoms. The van der Waals surface area contributed by atoms with E-state index < -0.39 is 23.8 Å². The van der Waals surface area contributed by atoms with Crippen LogP contribution in [-0.2, 0) is 9.47 Å². The molecule has 2 aliphatic heterocycles. The number of aliphatic hydroxyl groups excluding tert-OH is 2. The summed E-state index contributed by atoms with van der Waals surface area (Å²) in [4.78, 5) is 21.9. The number of piperidine rings is 1. The van der Waals surface area contributed by atoms with Crippen LogP contribution in [0.25, 0.3) is 0 Å². The van der Waals surface area contributed by atoms with E-state index in [1.54, 1.807) is 0 Å². The minimum absolute atomic E-state index is 0.316. The molecule has 0 unspecified atom stereocenters. The zero-order valence-corrected chi connectivity index (χ0v) is 13.0. The fraction of sp³-hybridized carbons (Fsp3) is 0.667. The molecule has 0 amide bonds. The zero-order chi connectivity index (χ0) is 16.4. The second kappa shape index (κ2) is 6.38. The highest BCUT2D eigenvalue weighted by molar-refractivity contribution is 5.94. The smallest absolute Gasteiger partial charge is 0.343 e. The van der Waals surface area contributed by atoms with Crippen molar-refractivity contribution in [2.24, 2.45) is 0 Å². The lowest BCUT2D eigenvalue weighted by Crippen LogP contribution is -2.60. The van der Waals surface area contributed by atoms with Gasteiger partial charge in [-0.1, -0.05) is 0 Å². The fourth-order valence-corrected chi connectivity index (χ4v) is 3.34. The Morgan fingerprint density at radius 3 is 2.87 bits per heavy atom. The summed E-state index contributed by atoms with van der Waals surface area (Å²) in [5.41, 5.74) is -0.400. The number of carbonyl (C=O) groups is 1. The molecule has 2 saturated heterocycles. The summed E-state index contributed by atoms with van der Waals surface area (Å²) in [6, 6.07) is 0. The first-order chi connectivity index (χ1) is 11.1. The molecule has 3 heterocycles. The van der Waals surface area contributed by atoms with Crippen molar-refractivity contribution in [2.45, 2.75) is 37.1 Å². The second-order valence-corrected chi connectivity index (χ2v) is 5.95. The van der Waals surface area contributed by atoms with Crippen LogP contribution in [-0.4, -0.2) is 70.8 Å². The van der Waals surface area contributed by atoms with Gasteiger partial charge in [0.15, 0.2) is 0 Å². The largest absolute Gasteiger partial charge is 0.465 e. The molecule has 3 rings (SSSR count). The predicted molar refractivity (Wildman–Crippen MR) is 80.1 cm³/mol. The molecule has 1 aromatic rings. The molecule has 2 N–H and O–H groups in total. The highest BCUT2D eigenvalue weighted by Crippen LogP contribution is 2.36. The molecule has 1 spiro atoms. The maximum Gasteiger partial charge on any atom is 0.343 e. The summed E-state index contributed by atoms with van der Waals surface area (Å²) in [6.45, 7) is 1.56. The number of aromatic nitrogens is 2. The van der Waals surface area contributed by atoms with Gasteiger partial charge in [0.1, 0.15) is 23.8 Å².